The molecule has 1 amide bonds. The van der Waals surface area contributed by atoms with Crippen LogP contribution in [-0.2, 0) is 4.79 Å². The van der Waals surface area contributed by atoms with Crippen LogP contribution in [-0.4, -0.2) is 5.91 Å². The molecule has 4 heteroatoms. The Kier molecular flexibility index (Phi) is 4.19. The van der Waals surface area contributed by atoms with Crippen LogP contribution in [0.15, 0.2) is 18.2 Å². The van der Waals surface area contributed by atoms with E-state index in [0.717, 1.165) is 0 Å². The fourth-order valence-electron chi connectivity index (χ4n) is 1.18. The Balaban J connectivity index is 2.74. The summed E-state index contributed by atoms with van der Waals surface area (Å²) >= 11 is 5.79. The van der Waals surface area contributed by atoms with E-state index < -0.39 is 0 Å². The molecule has 3 nitrogen and oxygen atoms in total. The Hall–Kier alpha value is -1.22. The van der Waals surface area contributed by atoms with Crippen molar-refractivity contribution in [2.75, 3.05) is 11.1 Å². The molecule has 1 atom stereocenters. The summed E-state index contributed by atoms with van der Waals surface area (Å²) < 4.78 is 0. The van der Waals surface area contributed by atoms with Crippen LogP contribution in [0.3, 0.4) is 0 Å². The maximum atomic E-state index is 11.8. The molecule has 1 rings (SSSR count). The summed E-state index contributed by atoms with van der Waals surface area (Å²) in [7, 11) is 0. The van der Waals surface area contributed by atoms with E-state index in [1.165, 1.54) is 0 Å². The van der Waals surface area contributed by atoms with Crippen LogP contribution in [0.25, 0.3) is 0 Å². The Bertz CT molecular complexity index is 391. The van der Waals surface area contributed by atoms with Crippen LogP contribution >= 0.6 is 11.6 Å². The van der Waals surface area contributed by atoms with Crippen molar-refractivity contribution in [3.63, 3.8) is 0 Å². The number of nitrogen functional groups attached to an aromatic ring is 1. The zero-order chi connectivity index (χ0) is 12.3. The van der Waals surface area contributed by atoms with Gasteiger partial charge < -0.3 is 11.1 Å². The molecule has 16 heavy (non-hydrogen) atoms. The van der Waals surface area contributed by atoms with Crippen molar-refractivity contribution in [2.45, 2.75) is 20.8 Å². The van der Waals surface area contributed by atoms with E-state index in [2.05, 4.69) is 5.32 Å². The first kappa shape index (κ1) is 12.8. The Labute approximate surface area is 101 Å². The van der Waals surface area contributed by atoms with Gasteiger partial charge in [0.2, 0.25) is 5.91 Å². The highest BCUT2D eigenvalue weighted by molar-refractivity contribution is 6.33. The number of benzene rings is 1. The van der Waals surface area contributed by atoms with E-state index in [0.29, 0.717) is 22.3 Å². The van der Waals surface area contributed by atoms with Crippen LogP contribution in [0.5, 0.6) is 0 Å². The standard InChI is InChI=1S/C12H17ClN2O/c1-7(2)8(3)12(16)15-9-4-5-10(13)11(14)6-9/h4-8H,14H2,1-3H3,(H,15,16). The minimum atomic E-state index is -0.0306. The molecule has 0 radical (unpaired) electrons. The maximum Gasteiger partial charge on any atom is 0.227 e. The molecule has 0 aromatic heterocycles. The zero-order valence-corrected chi connectivity index (χ0v) is 10.5. The molecule has 1 aromatic rings. The zero-order valence-electron chi connectivity index (χ0n) is 9.75. The second kappa shape index (κ2) is 5.21. The first-order valence-corrected chi connectivity index (χ1v) is 5.65. The molecule has 1 unspecified atom stereocenters. The van der Waals surface area contributed by atoms with Crippen molar-refractivity contribution in [3.05, 3.63) is 23.2 Å². The highest BCUT2D eigenvalue weighted by Gasteiger charge is 2.16. The van der Waals surface area contributed by atoms with E-state index >= 15 is 0 Å². The molecule has 0 bridgehead atoms. The first-order chi connectivity index (χ1) is 7.41. The molecule has 0 saturated carbocycles. The van der Waals surface area contributed by atoms with Crippen LogP contribution in [0, 0.1) is 11.8 Å². The predicted molar refractivity (Wildman–Crippen MR) is 68.5 cm³/mol. The molecule has 1 aromatic carbocycles. The number of rotatable bonds is 3. The Morgan fingerprint density at radius 2 is 2.00 bits per heavy atom. The number of halogens is 1. The third kappa shape index (κ3) is 3.14. The summed E-state index contributed by atoms with van der Waals surface area (Å²) in [5.74, 6) is 0.276. The highest BCUT2D eigenvalue weighted by Crippen LogP contribution is 2.23. The SMILES string of the molecule is CC(C)C(C)C(=O)Nc1ccc(Cl)c(N)c1. The molecule has 0 fully saturated rings. The van der Waals surface area contributed by atoms with Gasteiger partial charge in [-0.2, -0.15) is 0 Å². The number of amides is 1. The van der Waals surface area contributed by atoms with Crippen molar-refractivity contribution in [1.29, 1.82) is 0 Å². The van der Waals surface area contributed by atoms with Gasteiger partial charge in [0.25, 0.3) is 0 Å². The second-order valence-corrected chi connectivity index (χ2v) is 4.67. The Morgan fingerprint density at radius 1 is 1.38 bits per heavy atom. The van der Waals surface area contributed by atoms with Gasteiger partial charge in [0.15, 0.2) is 0 Å². The summed E-state index contributed by atoms with van der Waals surface area (Å²) in [6, 6.07) is 5.07. The van der Waals surface area contributed by atoms with Crippen molar-refractivity contribution in [1.82, 2.24) is 0 Å². The number of nitrogens with two attached hydrogens (primary N) is 1. The molecule has 88 valence electrons. The average molecular weight is 241 g/mol. The number of carbonyl (C=O) groups is 1. The molecular formula is C12H17ClN2O. The Morgan fingerprint density at radius 3 is 2.50 bits per heavy atom. The minimum absolute atomic E-state index is 0.00303. The van der Waals surface area contributed by atoms with E-state index in [9.17, 15) is 4.79 Å². The fourth-order valence-corrected chi connectivity index (χ4v) is 1.30. The molecule has 0 aliphatic rings. The average Bonchev–Trinajstić information content (AvgIpc) is 2.22. The fraction of sp³-hybridized carbons (Fsp3) is 0.417. The van der Waals surface area contributed by atoms with E-state index in [1.54, 1.807) is 18.2 Å². The van der Waals surface area contributed by atoms with Crippen LogP contribution in [0.2, 0.25) is 5.02 Å². The third-order valence-electron chi connectivity index (χ3n) is 2.68. The lowest BCUT2D eigenvalue weighted by molar-refractivity contribution is -0.120. The normalized spacial score (nSPS) is 12.6. The summed E-state index contributed by atoms with van der Waals surface area (Å²) in [5, 5.41) is 3.31. The highest BCUT2D eigenvalue weighted by atomic mass is 35.5. The summed E-state index contributed by atoms with van der Waals surface area (Å²) in [6.07, 6.45) is 0. The van der Waals surface area contributed by atoms with Gasteiger partial charge in [-0.05, 0) is 24.1 Å². The van der Waals surface area contributed by atoms with Gasteiger partial charge in [-0.3, -0.25) is 4.79 Å². The number of nitrogens with one attached hydrogen (secondary N) is 1. The molecule has 3 N–H and O–H groups in total. The van der Waals surface area contributed by atoms with Gasteiger partial charge in [0.05, 0.1) is 10.7 Å². The van der Waals surface area contributed by atoms with Crippen LogP contribution in [0.1, 0.15) is 20.8 Å². The molecule has 0 saturated heterocycles. The lowest BCUT2D eigenvalue weighted by Gasteiger charge is -2.15. The van der Waals surface area contributed by atoms with Gasteiger partial charge in [-0.15, -0.1) is 0 Å². The maximum absolute atomic E-state index is 11.8. The predicted octanol–water partition coefficient (Wildman–Crippen LogP) is 3.15. The molecule has 0 aliphatic heterocycles. The van der Waals surface area contributed by atoms with Gasteiger partial charge in [-0.1, -0.05) is 32.4 Å². The van der Waals surface area contributed by atoms with Gasteiger partial charge in [0.1, 0.15) is 0 Å². The molecule has 0 heterocycles. The van der Waals surface area contributed by atoms with Gasteiger partial charge in [-0.25, -0.2) is 0 Å². The molecule has 0 spiro atoms. The lowest BCUT2D eigenvalue weighted by atomic mass is 9.97. The van der Waals surface area contributed by atoms with E-state index in [4.69, 9.17) is 17.3 Å². The monoisotopic (exact) mass is 240 g/mol. The van der Waals surface area contributed by atoms with Crippen LogP contribution in [0.4, 0.5) is 11.4 Å². The summed E-state index contributed by atoms with van der Waals surface area (Å²) in [4.78, 5) is 11.8. The van der Waals surface area contributed by atoms with Crippen molar-refractivity contribution in [3.8, 4) is 0 Å². The number of carbonyl (C=O) groups excluding carboxylic acids is 1. The quantitative estimate of drug-likeness (QED) is 0.798. The van der Waals surface area contributed by atoms with Crippen molar-refractivity contribution < 1.29 is 4.79 Å². The number of anilines is 2. The van der Waals surface area contributed by atoms with Crippen molar-refractivity contribution in [2.24, 2.45) is 11.8 Å². The molecular weight excluding hydrogens is 224 g/mol. The van der Waals surface area contributed by atoms with Gasteiger partial charge >= 0.3 is 0 Å². The number of hydrogen-bond donors (Lipinski definition) is 2. The molecule has 0 aliphatic carbocycles. The van der Waals surface area contributed by atoms with Gasteiger partial charge in [0, 0.05) is 11.6 Å². The topological polar surface area (TPSA) is 55.1 Å². The van der Waals surface area contributed by atoms with Crippen LogP contribution < -0.4 is 11.1 Å². The third-order valence-corrected chi connectivity index (χ3v) is 3.02. The smallest absolute Gasteiger partial charge is 0.227 e. The summed E-state index contributed by atoms with van der Waals surface area (Å²) in [5.41, 5.74) is 6.80. The first-order valence-electron chi connectivity index (χ1n) is 5.27. The minimum Gasteiger partial charge on any atom is -0.397 e. The lowest BCUT2D eigenvalue weighted by Crippen LogP contribution is -2.24. The summed E-state index contributed by atoms with van der Waals surface area (Å²) in [6.45, 7) is 5.93. The largest absolute Gasteiger partial charge is 0.397 e. The number of hydrogen-bond acceptors (Lipinski definition) is 2. The van der Waals surface area contributed by atoms with Crippen molar-refractivity contribution >= 4 is 28.9 Å². The van der Waals surface area contributed by atoms with E-state index in [-0.39, 0.29) is 11.8 Å². The second-order valence-electron chi connectivity index (χ2n) is 4.26. The van der Waals surface area contributed by atoms with E-state index in [1.807, 2.05) is 20.8 Å².